The van der Waals surface area contributed by atoms with Crippen molar-refractivity contribution in [3.63, 3.8) is 0 Å². The van der Waals surface area contributed by atoms with Crippen molar-refractivity contribution < 1.29 is 14.3 Å². The second kappa shape index (κ2) is 8.16. The molecule has 0 spiro atoms. The largest absolute Gasteiger partial charge is 0.495 e. The van der Waals surface area contributed by atoms with Crippen LogP contribution in [0.4, 0.5) is 10.5 Å². The predicted octanol–water partition coefficient (Wildman–Crippen LogP) is 2.87. The van der Waals surface area contributed by atoms with Gasteiger partial charge in [0.1, 0.15) is 5.75 Å². The molecule has 1 heterocycles. The summed E-state index contributed by atoms with van der Waals surface area (Å²) in [4.78, 5) is 17.2. The van der Waals surface area contributed by atoms with Crippen molar-refractivity contribution in [3.8, 4) is 5.75 Å². The molecule has 0 aromatic heterocycles. The van der Waals surface area contributed by atoms with Gasteiger partial charge in [0.2, 0.25) is 0 Å². The van der Waals surface area contributed by atoms with Gasteiger partial charge in [0.25, 0.3) is 0 Å². The lowest BCUT2D eigenvalue weighted by Gasteiger charge is -2.42. The van der Waals surface area contributed by atoms with Gasteiger partial charge in [-0.25, -0.2) is 4.79 Å². The zero-order valence-electron chi connectivity index (χ0n) is 16.2. The lowest BCUT2D eigenvalue weighted by Crippen LogP contribution is -2.61. The molecule has 1 saturated carbocycles. The molecular weight excluding hydrogens is 330 g/mol. The van der Waals surface area contributed by atoms with Gasteiger partial charge in [-0.05, 0) is 31.9 Å². The van der Waals surface area contributed by atoms with Crippen molar-refractivity contribution in [3.05, 3.63) is 24.3 Å². The second-order valence-electron chi connectivity index (χ2n) is 7.51. The van der Waals surface area contributed by atoms with Crippen molar-refractivity contribution in [2.24, 2.45) is 0 Å². The Bertz CT molecular complexity index is 616. The molecule has 1 N–H and O–H groups in total. The summed E-state index contributed by atoms with van der Waals surface area (Å²) >= 11 is 0. The molecule has 6 nitrogen and oxygen atoms in total. The van der Waals surface area contributed by atoms with Crippen molar-refractivity contribution in [2.75, 3.05) is 45.4 Å². The third-order valence-electron chi connectivity index (χ3n) is 5.67. The maximum Gasteiger partial charge on any atom is 0.318 e. The molecule has 2 aliphatic rings. The highest BCUT2D eigenvalue weighted by molar-refractivity contribution is 5.76. The van der Waals surface area contributed by atoms with Crippen LogP contribution in [0.15, 0.2) is 24.3 Å². The highest BCUT2D eigenvalue weighted by atomic mass is 16.5. The Morgan fingerprint density at radius 3 is 2.62 bits per heavy atom. The van der Waals surface area contributed by atoms with Crippen LogP contribution in [0.5, 0.6) is 5.75 Å². The molecule has 1 atom stereocenters. The van der Waals surface area contributed by atoms with Gasteiger partial charge in [-0.3, -0.25) is 0 Å². The summed E-state index contributed by atoms with van der Waals surface area (Å²) in [6.07, 6.45) is 4.31. The summed E-state index contributed by atoms with van der Waals surface area (Å²) in [6.45, 7) is 5.00. The molecule has 1 unspecified atom stereocenters. The molecule has 1 saturated heterocycles. The third kappa shape index (κ3) is 3.90. The highest BCUT2D eigenvalue weighted by Gasteiger charge is 2.38. The van der Waals surface area contributed by atoms with Crippen LogP contribution in [-0.2, 0) is 4.74 Å². The van der Waals surface area contributed by atoms with E-state index < -0.39 is 0 Å². The highest BCUT2D eigenvalue weighted by Crippen LogP contribution is 2.31. The number of nitrogens with zero attached hydrogens (tertiary/aromatic N) is 2. The number of benzene rings is 1. The van der Waals surface area contributed by atoms with Crippen LogP contribution in [-0.4, -0.2) is 63.0 Å². The quantitative estimate of drug-likeness (QED) is 0.876. The predicted molar refractivity (Wildman–Crippen MR) is 103 cm³/mol. The number of amides is 2. The average molecular weight is 361 g/mol. The number of para-hydroxylation sites is 2. The molecule has 1 aliphatic carbocycles. The van der Waals surface area contributed by atoms with E-state index in [2.05, 4.69) is 23.2 Å². The molecule has 2 amide bonds. The van der Waals surface area contributed by atoms with Crippen LogP contribution >= 0.6 is 0 Å². The summed E-state index contributed by atoms with van der Waals surface area (Å²) in [5, 5.41) is 3.29. The van der Waals surface area contributed by atoms with Crippen LogP contribution in [0.1, 0.15) is 32.6 Å². The Kier molecular flexibility index (Phi) is 5.91. The number of carbonyl (C=O) groups excluding carboxylic acids is 1. The second-order valence-corrected chi connectivity index (χ2v) is 7.51. The van der Waals surface area contributed by atoms with E-state index in [1.807, 2.05) is 23.1 Å². The van der Waals surface area contributed by atoms with E-state index in [4.69, 9.17) is 9.47 Å². The molecule has 3 rings (SSSR count). The van der Waals surface area contributed by atoms with Crippen molar-refractivity contribution in [2.45, 2.75) is 44.2 Å². The van der Waals surface area contributed by atoms with Crippen molar-refractivity contribution in [1.29, 1.82) is 0 Å². The maximum atomic E-state index is 12.9. The first-order valence-corrected chi connectivity index (χ1v) is 9.54. The maximum absolute atomic E-state index is 12.9. The minimum Gasteiger partial charge on any atom is -0.495 e. The Balaban J connectivity index is 1.64. The van der Waals surface area contributed by atoms with Gasteiger partial charge < -0.3 is 24.6 Å². The van der Waals surface area contributed by atoms with Crippen LogP contribution in [0.25, 0.3) is 0 Å². The number of rotatable bonds is 5. The fourth-order valence-corrected chi connectivity index (χ4v) is 4.30. The van der Waals surface area contributed by atoms with Gasteiger partial charge in [-0.2, -0.15) is 0 Å². The molecule has 144 valence electrons. The zero-order valence-corrected chi connectivity index (χ0v) is 16.2. The molecule has 1 aromatic carbocycles. The number of methoxy groups -OCH3 is 2. The summed E-state index contributed by atoms with van der Waals surface area (Å²) in [7, 11) is 3.41. The number of hydrogen-bond donors (Lipinski definition) is 1. The van der Waals surface area contributed by atoms with E-state index in [0.29, 0.717) is 13.2 Å². The minimum atomic E-state index is -0.189. The Morgan fingerprint density at radius 1 is 1.23 bits per heavy atom. The molecule has 0 bridgehead atoms. The standard InChI is InChI=1S/C20H31N3O3/c1-16-14-22(17-8-4-5-9-18(17)26-3)12-13-23(16)19(24)21-20(15-25-2)10-6-7-11-20/h4-5,8-9,16H,6-7,10-15H2,1-3H3,(H,21,24). The van der Waals surface area contributed by atoms with Gasteiger partial charge >= 0.3 is 6.03 Å². The van der Waals surface area contributed by atoms with Crippen LogP contribution in [0.3, 0.4) is 0 Å². The zero-order chi connectivity index (χ0) is 18.6. The van der Waals surface area contributed by atoms with Gasteiger partial charge in [-0.1, -0.05) is 25.0 Å². The molecule has 1 aromatic rings. The molecule has 1 aliphatic heterocycles. The summed E-state index contributed by atoms with van der Waals surface area (Å²) in [5.41, 5.74) is 0.902. The fraction of sp³-hybridized carbons (Fsp3) is 0.650. The van der Waals surface area contributed by atoms with Crippen LogP contribution in [0, 0.1) is 0 Å². The number of nitrogens with one attached hydrogen (secondary N) is 1. The summed E-state index contributed by atoms with van der Waals surface area (Å²) in [6, 6.07) is 8.23. The molecule has 2 fully saturated rings. The van der Waals surface area contributed by atoms with Gasteiger partial charge in [-0.15, -0.1) is 0 Å². The number of piperazine rings is 1. The molecular formula is C20H31N3O3. The average Bonchev–Trinajstić information content (AvgIpc) is 3.09. The van der Waals surface area contributed by atoms with E-state index >= 15 is 0 Å². The van der Waals surface area contributed by atoms with Gasteiger partial charge in [0.15, 0.2) is 0 Å². The normalized spacial score (nSPS) is 22.3. The topological polar surface area (TPSA) is 54.0 Å². The number of hydrogen-bond acceptors (Lipinski definition) is 4. The number of urea groups is 1. The first kappa shape index (κ1) is 18.8. The van der Waals surface area contributed by atoms with E-state index in [-0.39, 0.29) is 17.6 Å². The SMILES string of the molecule is COCC1(NC(=O)N2CCN(c3ccccc3OC)CC2C)CCCC1. The monoisotopic (exact) mass is 361 g/mol. The van der Waals surface area contributed by atoms with Gasteiger partial charge in [0.05, 0.1) is 24.9 Å². The summed E-state index contributed by atoms with van der Waals surface area (Å²) in [5.74, 6) is 0.877. The first-order valence-electron chi connectivity index (χ1n) is 9.54. The Hall–Kier alpha value is -1.95. The number of ether oxygens (including phenoxy) is 2. The van der Waals surface area contributed by atoms with Crippen LogP contribution in [0.2, 0.25) is 0 Å². The van der Waals surface area contributed by atoms with Crippen molar-refractivity contribution >= 4 is 11.7 Å². The van der Waals surface area contributed by atoms with E-state index in [9.17, 15) is 4.79 Å². The van der Waals surface area contributed by atoms with Crippen molar-refractivity contribution in [1.82, 2.24) is 10.2 Å². The molecule has 26 heavy (non-hydrogen) atoms. The fourth-order valence-electron chi connectivity index (χ4n) is 4.30. The third-order valence-corrected chi connectivity index (χ3v) is 5.67. The number of anilines is 1. The summed E-state index contributed by atoms with van der Waals surface area (Å²) < 4.78 is 10.9. The molecule has 6 heteroatoms. The van der Waals surface area contributed by atoms with E-state index in [0.717, 1.165) is 50.2 Å². The van der Waals surface area contributed by atoms with Gasteiger partial charge in [0, 0.05) is 32.8 Å². The number of carbonyl (C=O) groups is 1. The lowest BCUT2D eigenvalue weighted by atomic mass is 9.99. The van der Waals surface area contributed by atoms with Crippen LogP contribution < -0.4 is 15.0 Å². The smallest absolute Gasteiger partial charge is 0.318 e. The molecule has 0 radical (unpaired) electrons. The Morgan fingerprint density at radius 2 is 1.96 bits per heavy atom. The minimum absolute atomic E-state index is 0.0381. The Labute approximate surface area is 156 Å². The first-order chi connectivity index (χ1) is 12.6. The van der Waals surface area contributed by atoms with E-state index in [1.54, 1.807) is 14.2 Å². The van der Waals surface area contributed by atoms with E-state index in [1.165, 1.54) is 0 Å². The lowest BCUT2D eigenvalue weighted by molar-refractivity contribution is 0.103.